The molecule has 4 aromatic carbocycles. The van der Waals surface area contributed by atoms with Crippen LogP contribution in [0.4, 0.5) is 5.69 Å². The van der Waals surface area contributed by atoms with Gasteiger partial charge in [-0.25, -0.2) is 0 Å². The van der Waals surface area contributed by atoms with Gasteiger partial charge in [0.05, 0.1) is 25.3 Å². The maximum absolute atomic E-state index is 13.8. The van der Waals surface area contributed by atoms with Crippen LogP contribution in [0.1, 0.15) is 48.4 Å². The van der Waals surface area contributed by atoms with E-state index >= 15 is 0 Å². The normalized spacial score (nSPS) is 12.1. The second-order valence-corrected chi connectivity index (χ2v) is 9.39. The van der Waals surface area contributed by atoms with Crippen LogP contribution in [0.5, 0.6) is 5.75 Å². The Morgan fingerprint density at radius 3 is 1.87 bits per heavy atom. The van der Waals surface area contributed by atoms with Crippen LogP contribution in [-0.2, 0) is 16.9 Å². The first-order valence-electron chi connectivity index (χ1n) is 13.1. The summed E-state index contributed by atoms with van der Waals surface area (Å²) in [6, 6.07) is 35.4. The quantitative estimate of drug-likeness (QED) is 0.197. The number of carbonyl (C=O) groups is 1. The van der Waals surface area contributed by atoms with Gasteiger partial charge in [-0.3, -0.25) is 10.1 Å². The van der Waals surface area contributed by atoms with E-state index in [-0.39, 0.29) is 12.5 Å². The van der Waals surface area contributed by atoms with Crippen molar-refractivity contribution in [1.29, 1.82) is 0 Å². The van der Waals surface area contributed by atoms with E-state index in [0.717, 1.165) is 40.8 Å². The molecule has 0 radical (unpaired) electrons. The third-order valence-corrected chi connectivity index (χ3v) is 6.89. The van der Waals surface area contributed by atoms with Crippen molar-refractivity contribution in [3.05, 3.63) is 131 Å². The van der Waals surface area contributed by atoms with Gasteiger partial charge in [-0.1, -0.05) is 105 Å². The molecule has 3 N–H and O–H groups in total. The van der Waals surface area contributed by atoms with Crippen molar-refractivity contribution in [2.75, 3.05) is 12.4 Å². The maximum Gasteiger partial charge on any atom is 0.241 e. The van der Waals surface area contributed by atoms with Crippen molar-refractivity contribution < 1.29 is 14.6 Å². The number of nitrogens with one attached hydrogen (secondary N) is 2. The van der Waals surface area contributed by atoms with Crippen LogP contribution in [0, 0.1) is 0 Å². The number of methoxy groups -OCH3 is 1. The van der Waals surface area contributed by atoms with E-state index in [1.807, 2.05) is 72.8 Å². The molecule has 0 fully saturated rings. The summed E-state index contributed by atoms with van der Waals surface area (Å²) in [4.78, 5) is 13.8. The Labute approximate surface area is 225 Å². The molecule has 0 spiro atoms. The van der Waals surface area contributed by atoms with Gasteiger partial charge in [0.25, 0.3) is 0 Å². The summed E-state index contributed by atoms with van der Waals surface area (Å²) in [6.45, 7) is 2.10. The molecule has 5 heteroatoms. The molecule has 0 saturated carbocycles. The van der Waals surface area contributed by atoms with Gasteiger partial charge in [0.2, 0.25) is 5.91 Å². The highest BCUT2D eigenvalue weighted by atomic mass is 16.5. The summed E-state index contributed by atoms with van der Waals surface area (Å²) in [7, 11) is 1.66. The molecule has 0 bridgehead atoms. The van der Waals surface area contributed by atoms with Crippen LogP contribution in [0.15, 0.2) is 109 Å². The molecule has 0 aliphatic carbocycles. The van der Waals surface area contributed by atoms with E-state index in [9.17, 15) is 9.90 Å². The van der Waals surface area contributed by atoms with Crippen molar-refractivity contribution in [1.82, 2.24) is 5.32 Å². The summed E-state index contributed by atoms with van der Waals surface area (Å²) >= 11 is 0. The minimum absolute atomic E-state index is 0.0343. The number of unbranched alkanes of at least 4 members (excludes halogenated alkanes) is 1. The highest BCUT2D eigenvalue weighted by Gasteiger charge is 2.39. The standard InChI is InChI=1S/C33H36N2O3/c1-3-4-15-31(32(37)34-29-20-16-25(24-36)17-21-29)35-33(26-11-7-5-8-12-26,27-13-9-6-10-14-27)28-18-22-30(38-2)23-19-28/h5-14,16-23,31,35-36H,3-4,15,24H2,1-2H3,(H,34,37). The molecule has 196 valence electrons. The molecule has 0 aromatic heterocycles. The second-order valence-electron chi connectivity index (χ2n) is 9.39. The molecule has 0 heterocycles. The van der Waals surface area contributed by atoms with E-state index in [1.54, 1.807) is 7.11 Å². The average molecular weight is 509 g/mol. The van der Waals surface area contributed by atoms with Crippen molar-refractivity contribution >= 4 is 11.6 Å². The largest absolute Gasteiger partial charge is 0.497 e. The number of benzene rings is 4. The van der Waals surface area contributed by atoms with E-state index in [2.05, 4.69) is 54.0 Å². The van der Waals surface area contributed by atoms with Crippen LogP contribution < -0.4 is 15.4 Å². The van der Waals surface area contributed by atoms with E-state index in [0.29, 0.717) is 12.1 Å². The lowest BCUT2D eigenvalue weighted by Gasteiger charge is -2.40. The number of carbonyl (C=O) groups excluding carboxylic acids is 1. The number of hydrogen-bond donors (Lipinski definition) is 3. The Kier molecular flexibility index (Phi) is 9.30. The number of amides is 1. The summed E-state index contributed by atoms with van der Waals surface area (Å²) in [6.07, 6.45) is 2.55. The molecule has 5 nitrogen and oxygen atoms in total. The first-order valence-corrected chi connectivity index (χ1v) is 13.1. The van der Waals surface area contributed by atoms with Crippen LogP contribution in [-0.4, -0.2) is 24.2 Å². The van der Waals surface area contributed by atoms with Gasteiger partial charge in [0.15, 0.2) is 0 Å². The number of anilines is 1. The Balaban J connectivity index is 1.82. The monoisotopic (exact) mass is 508 g/mol. The number of aliphatic hydroxyl groups is 1. The van der Waals surface area contributed by atoms with Gasteiger partial charge in [-0.15, -0.1) is 0 Å². The third-order valence-electron chi connectivity index (χ3n) is 6.89. The molecule has 4 aromatic rings. The zero-order chi connectivity index (χ0) is 26.8. The maximum atomic E-state index is 13.8. The van der Waals surface area contributed by atoms with Crippen LogP contribution in [0.3, 0.4) is 0 Å². The third kappa shape index (κ3) is 6.13. The van der Waals surface area contributed by atoms with Crippen LogP contribution in [0.2, 0.25) is 0 Å². The fraction of sp³-hybridized carbons (Fsp3) is 0.242. The highest BCUT2D eigenvalue weighted by molar-refractivity contribution is 5.95. The fourth-order valence-corrected chi connectivity index (χ4v) is 4.83. The van der Waals surface area contributed by atoms with Gasteiger partial charge in [-0.05, 0) is 52.9 Å². The lowest BCUT2D eigenvalue weighted by Crippen LogP contribution is -2.53. The molecule has 4 rings (SSSR count). The Hall–Kier alpha value is -3.93. The lowest BCUT2D eigenvalue weighted by atomic mass is 9.76. The molecule has 0 saturated heterocycles. The molecule has 1 atom stereocenters. The summed E-state index contributed by atoms with van der Waals surface area (Å²) < 4.78 is 5.45. The topological polar surface area (TPSA) is 70.6 Å². The zero-order valence-electron chi connectivity index (χ0n) is 22.1. The number of hydrogen-bond acceptors (Lipinski definition) is 4. The minimum Gasteiger partial charge on any atom is -0.497 e. The Morgan fingerprint density at radius 2 is 1.37 bits per heavy atom. The fourth-order valence-electron chi connectivity index (χ4n) is 4.83. The van der Waals surface area contributed by atoms with Crippen molar-refractivity contribution in [3.8, 4) is 5.75 Å². The predicted octanol–water partition coefficient (Wildman–Crippen LogP) is 6.27. The van der Waals surface area contributed by atoms with Crippen molar-refractivity contribution in [2.45, 2.75) is 44.4 Å². The van der Waals surface area contributed by atoms with Gasteiger partial charge >= 0.3 is 0 Å². The number of rotatable bonds is 12. The van der Waals surface area contributed by atoms with Gasteiger partial charge in [-0.2, -0.15) is 0 Å². The Bertz CT molecular complexity index is 1230. The molecule has 1 unspecified atom stereocenters. The van der Waals surface area contributed by atoms with Gasteiger partial charge in [0, 0.05) is 5.69 Å². The lowest BCUT2D eigenvalue weighted by molar-refractivity contribution is -0.118. The van der Waals surface area contributed by atoms with Gasteiger partial charge in [0.1, 0.15) is 5.75 Å². The smallest absolute Gasteiger partial charge is 0.241 e. The molecular weight excluding hydrogens is 472 g/mol. The Morgan fingerprint density at radius 1 is 0.816 bits per heavy atom. The minimum atomic E-state index is -0.786. The summed E-state index contributed by atoms with van der Waals surface area (Å²) in [5.74, 6) is 0.676. The van der Waals surface area contributed by atoms with Gasteiger partial charge < -0.3 is 15.2 Å². The zero-order valence-corrected chi connectivity index (χ0v) is 22.1. The molecular formula is C33H36N2O3. The van der Waals surface area contributed by atoms with E-state index in [4.69, 9.17) is 4.74 Å². The summed E-state index contributed by atoms with van der Waals surface area (Å²) in [5.41, 5.74) is 3.80. The van der Waals surface area contributed by atoms with Crippen LogP contribution in [0.25, 0.3) is 0 Å². The van der Waals surface area contributed by atoms with Crippen molar-refractivity contribution in [2.24, 2.45) is 0 Å². The highest BCUT2D eigenvalue weighted by Crippen LogP contribution is 2.38. The van der Waals surface area contributed by atoms with E-state index in [1.165, 1.54) is 0 Å². The summed E-state index contributed by atoms with van der Waals surface area (Å²) in [5, 5.41) is 16.3. The molecule has 38 heavy (non-hydrogen) atoms. The molecule has 0 aliphatic heterocycles. The first kappa shape index (κ1) is 27.1. The predicted molar refractivity (Wildman–Crippen MR) is 153 cm³/mol. The number of ether oxygens (including phenoxy) is 1. The first-order chi connectivity index (χ1) is 18.6. The second kappa shape index (κ2) is 13.0. The molecule has 0 aliphatic rings. The number of aliphatic hydroxyl groups excluding tert-OH is 1. The van der Waals surface area contributed by atoms with Crippen molar-refractivity contribution in [3.63, 3.8) is 0 Å². The molecule has 1 amide bonds. The van der Waals surface area contributed by atoms with E-state index < -0.39 is 11.6 Å². The average Bonchev–Trinajstić information content (AvgIpc) is 2.99. The SMILES string of the molecule is CCCCC(NC(c1ccccc1)(c1ccccc1)c1ccc(OC)cc1)C(=O)Nc1ccc(CO)cc1. The van der Waals surface area contributed by atoms with Crippen LogP contribution >= 0.6 is 0 Å².